The molecule has 1 aliphatic heterocycles. The molecular formula is C26H33N5O3. The van der Waals surface area contributed by atoms with Crippen LogP contribution in [0.5, 0.6) is 0 Å². The number of esters is 1. The minimum Gasteiger partial charge on any atom is -0.446 e. The van der Waals surface area contributed by atoms with E-state index in [4.69, 9.17) is 15.1 Å². The van der Waals surface area contributed by atoms with Gasteiger partial charge in [0.05, 0.1) is 22.7 Å². The Hall–Kier alpha value is -3.18. The molecule has 8 heteroatoms. The summed E-state index contributed by atoms with van der Waals surface area (Å²) in [4.78, 5) is 25.8. The Labute approximate surface area is 200 Å². The Morgan fingerprint density at radius 3 is 2.47 bits per heavy atom. The second kappa shape index (κ2) is 9.22. The van der Waals surface area contributed by atoms with Crippen LogP contribution in [-0.2, 0) is 9.53 Å². The number of benzene rings is 1. The molecule has 0 radical (unpaired) electrons. The Kier molecular flexibility index (Phi) is 6.50. The van der Waals surface area contributed by atoms with E-state index in [-0.39, 0.29) is 24.0 Å². The van der Waals surface area contributed by atoms with Gasteiger partial charge in [0, 0.05) is 36.2 Å². The number of hydrogen-bond donors (Lipinski definition) is 2. The molecule has 1 aromatic carbocycles. The van der Waals surface area contributed by atoms with E-state index in [1.54, 1.807) is 12.1 Å². The first-order valence-corrected chi connectivity index (χ1v) is 12.0. The van der Waals surface area contributed by atoms with Gasteiger partial charge in [0.25, 0.3) is 5.91 Å². The largest absolute Gasteiger partial charge is 0.446 e. The lowest BCUT2D eigenvalue weighted by Crippen LogP contribution is -2.38. The predicted octanol–water partition coefficient (Wildman–Crippen LogP) is 3.89. The molecule has 1 saturated heterocycles. The van der Waals surface area contributed by atoms with Crippen molar-refractivity contribution in [2.24, 2.45) is 5.41 Å². The maximum Gasteiger partial charge on any atom is 0.312 e. The highest BCUT2D eigenvalue weighted by Crippen LogP contribution is 2.46. The summed E-state index contributed by atoms with van der Waals surface area (Å²) in [6, 6.07) is 9.36. The van der Waals surface area contributed by atoms with Crippen molar-refractivity contribution >= 4 is 11.9 Å². The van der Waals surface area contributed by atoms with Crippen LogP contribution < -0.4 is 10.6 Å². The van der Waals surface area contributed by atoms with Gasteiger partial charge in [-0.15, -0.1) is 0 Å². The topological polar surface area (TPSA) is 109 Å². The fraction of sp³-hybridized carbons (Fsp3) is 0.538. The maximum atomic E-state index is 13.6. The minimum atomic E-state index is -0.576. The Morgan fingerprint density at radius 1 is 1.24 bits per heavy atom. The molecule has 0 spiro atoms. The fourth-order valence-corrected chi connectivity index (χ4v) is 4.18. The average Bonchev–Trinajstić information content (AvgIpc) is 3.40. The van der Waals surface area contributed by atoms with Gasteiger partial charge in [0.2, 0.25) is 0 Å². The van der Waals surface area contributed by atoms with Gasteiger partial charge in [-0.05, 0) is 65.5 Å². The van der Waals surface area contributed by atoms with Crippen molar-refractivity contribution in [1.82, 2.24) is 20.4 Å². The quantitative estimate of drug-likeness (QED) is 0.629. The van der Waals surface area contributed by atoms with Crippen molar-refractivity contribution in [3.63, 3.8) is 0 Å². The van der Waals surface area contributed by atoms with Gasteiger partial charge in [-0.25, -0.2) is 0 Å². The van der Waals surface area contributed by atoms with Crippen molar-refractivity contribution in [3.8, 4) is 17.3 Å². The number of carbonyl (C=O) groups excluding carboxylic acids is 2. The van der Waals surface area contributed by atoms with Crippen LogP contribution in [0.25, 0.3) is 11.3 Å². The van der Waals surface area contributed by atoms with E-state index >= 15 is 0 Å². The van der Waals surface area contributed by atoms with Gasteiger partial charge >= 0.3 is 5.97 Å². The zero-order valence-electron chi connectivity index (χ0n) is 20.5. The molecule has 0 bridgehead atoms. The van der Waals surface area contributed by atoms with E-state index < -0.39 is 11.6 Å². The highest BCUT2D eigenvalue weighted by atomic mass is 16.6. The van der Waals surface area contributed by atoms with E-state index in [1.165, 1.54) is 0 Å². The normalized spacial score (nSPS) is 20.3. The monoisotopic (exact) mass is 463 g/mol. The summed E-state index contributed by atoms with van der Waals surface area (Å²) in [6.07, 6.45) is 2.17. The molecular weight excluding hydrogens is 430 g/mol. The van der Waals surface area contributed by atoms with Crippen LogP contribution in [0.1, 0.15) is 87.5 Å². The van der Waals surface area contributed by atoms with Crippen molar-refractivity contribution in [3.05, 3.63) is 41.1 Å². The number of nitrogens with zero attached hydrogens (tertiary/aromatic N) is 3. The van der Waals surface area contributed by atoms with Gasteiger partial charge in [-0.1, -0.05) is 12.1 Å². The van der Waals surface area contributed by atoms with E-state index in [0.29, 0.717) is 30.1 Å². The first-order chi connectivity index (χ1) is 16.1. The molecule has 180 valence electrons. The summed E-state index contributed by atoms with van der Waals surface area (Å²) in [5, 5.41) is 20.3. The van der Waals surface area contributed by atoms with Crippen LogP contribution in [0.2, 0.25) is 0 Å². The summed E-state index contributed by atoms with van der Waals surface area (Å²) in [6.45, 7) is 10.0. The zero-order chi connectivity index (χ0) is 24.6. The van der Waals surface area contributed by atoms with Crippen LogP contribution in [0, 0.1) is 16.7 Å². The van der Waals surface area contributed by atoms with Crippen LogP contribution in [0.3, 0.4) is 0 Å². The lowest BCUT2D eigenvalue weighted by Gasteiger charge is -2.20. The summed E-state index contributed by atoms with van der Waals surface area (Å²) in [7, 11) is 0. The SMILES string of the molecule is CC(C)n1nc(-c2ccc(C#N)cc2)c(C2CC2)c1C(=O)N[C@H]1CNC(OC(=O)C(C)(C)C)C1. The van der Waals surface area contributed by atoms with Gasteiger partial charge in [-0.2, -0.15) is 10.4 Å². The minimum absolute atomic E-state index is 0.00701. The van der Waals surface area contributed by atoms with Gasteiger partial charge in [-0.3, -0.25) is 19.6 Å². The summed E-state index contributed by atoms with van der Waals surface area (Å²) < 4.78 is 7.38. The Balaban J connectivity index is 1.57. The number of rotatable bonds is 6. The van der Waals surface area contributed by atoms with Crippen LogP contribution in [-0.4, -0.2) is 40.5 Å². The molecule has 2 aromatic rings. The molecule has 1 unspecified atom stereocenters. The number of nitriles is 1. The van der Waals surface area contributed by atoms with Crippen molar-refractivity contribution in [2.75, 3.05) is 6.54 Å². The molecule has 1 aromatic heterocycles. The van der Waals surface area contributed by atoms with E-state index in [1.807, 2.05) is 51.4 Å². The molecule has 1 aliphatic carbocycles. The molecule has 1 saturated carbocycles. The van der Waals surface area contributed by atoms with E-state index in [2.05, 4.69) is 16.7 Å². The number of carbonyl (C=O) groups is 2. The molecule has 34 heavy (non-hydrogen) atoms. The number of nitrogens with one attached hydrogen (secondary N) is 2. The molecule has 2 heterocycles. The van der Waals surface area contributed by atoms with E-state index in [9.17, 15) is 9.59 Å². The lowest BCUT2D eigenvalue weighted by atomic mass is 9.97. The van der Waals surface area contributed by atoms with Gasteiger partial charge in [0.1, 0.15) is 5.69 Å². The summed E-state index contributed by atoms with van der Waals surface area (Å²) >= 11 is 0. The van der Waals surface area contributed by atoms with Crippen molar-refractivity contribution in [2.45, 2.75) is 78.1 Å². The molecule has 4 rings (SSSR count). The zero-order valence-corrected chi connectivity index (χ0v) is 20.5. The van der Waals surface area contributed by atoms with Crippen LogP contribution in [0.15, 0.2) is 24.3 Å². The number of amides is 1. The number of aromatic nitrogens is 2. The summed E-state index contributed by atoms with van der Waals surface area (Å²) in [5.74, 6) is -0.114. The smallest absolute Gasteiger partial charge is 0.312 e. The molecule has 1 amide bonds. The van der Waals surface area contributed by atoms with Gasteiger partial charge in [0.15, 0.2) is 6.23 Å². The fourth-order valence-electron chi connectivity index (χ4n) is 4.18. The highest BCUT2D eigenvalue weighted by Gasteiger charge is 2.38. The van der Waals surface area contributed by atoms with Crippen LogP contribution in [0.4, 0.5) is 0 Å². The molecule has 2 fully saturated rings. The molecule has 8 nitrogen and oxygen atoms in total. The number of ether oxygens (including phenoxy) is 1. The molecule has 2 N–H and O–H groups in total. The van der Waals surface area contributed by atoms with Crippen LogP contribution >= 0.6 is 0 Å². The molecule has 2 atom stereocenters. The third kappa shape index (κ3) is 5.00. The third-order valence-electron chi connectivity index (χ3n) is 6.21. The maximum absolute atomic E-state index is 13.6. The van der Waals surface area contributed by atoms with E-state index in [0.717, 1.165) is 29.7 Å². The standard InChI is InChI=1S/C26H33N5O3/c1-15(2)31-23(24(32)29-19-12-20(28-14-19)34-25(33)26(3,4)5)21(17-10-11-17)22(30-31)18-8-6-16(13-27)7-9-18/h6-9,15,17,19-20,28H,10-12,14H2,1-5H3,(H,29,32)/t19-,20?/m1/s1. The predicted molar refractivity (Wildman–Crippen MR) is 128 cm³/mol. The first kappa shape index (κ1) is 24.0. The van der Waals surface area contributed by atoms with Crippen molar-refractivity contribution in [1.29, 1.82) is 5.26 Å². The Morgan fingerprint density at radius 2 is 1.91 bits per heavy atom. The first-order valence-electron chi connectivity index (χ1n) is 12.0. The second-order valence-electron chi connectivity index (χ2n) is 10.6. The molecule has 2 aliphatic rings. The summed E-state index contributed by atoms with van der Waals surface area (Å²) in [5.41, 5.74) is 3.32. The third-order valence-corrected chi connectivity index (χ3v) is 6.21. The highest BCUT2D eigenvalue weighted by molar-refractivity contribution is 5.96. The number of hydrogen-bond acceptors (Lipinski definition) is 6. The Bertz CT molecular complexity index is 1120. The second-order valence-corrected chi connectivity index (χ2v) is 10.6. The van der Waals surface area contributed by atoms with Gasteiger partial charge < -0.3 is 10.1 Å². The van der Waals surface area contributed by atoms with Crippen molar-refractivity contribution < 1.29 is 14.3 Å². The average molecular weight is 464 g/mol. The lowest BCUT2D eigenvalue weighted by molar-refractivity contribution is -0.159.